The zero-order valence-electron chi connectivity index (χ0n) is 12.3. The van der Waals surface area contributed by atoms with Gasteiger partial charge < -0.3 is 14.4 Å². The fourth-order valence-corrected chi connectivity index (χ4v) is 2.74. The molecule has 5 heteroatoms. The van der Waals surface area contributed by atoms with Gasteiger partial charge in [-0.25, -0.2) is 0 Å². The third kappa shape index (κ3) is 2.73. The summed E-state index contributed by atoms with van der Waals surface area (Å²) in [5.41, 5.74) is 0.556. The van der Waals surface area contributed by atoms with Crippen LogP contribution in [-0.4, -0.2) is 36.5 Å². The number of likely N-dealkylation sites (tertiary alicyclic amines) is 1. The summed E-state index contributed by atoms with van der Waals surface area (Å²) in [4.78, 5) is 26.0. The highest BCUT2D eigenvalue weighted by atomic mass is 16.7. The predicted molar refractivity (Wildman–Crippen MR) is 76.4 cm³/mol. The average Bonchev–Trinajstić information content (AvgIpc) is 3.05. The minimum atomic E-state index is -0.0638. The van der Waals surface area contributed by atoms with Gasteiger partial charge in [0.05, 0.1) is 6.54 Å². The number of hydrogen-bond acceptors (Lipinski definition) is 4. The third-order valence-electron chi connectivity index (χ3n) is 4.22. The number of hydrogen-bond donors (Lipinski definition) is 0. The van der Waals surface area contributed by atoms with E-state index < -0.39 is 0 Å². The molecule has 112 valence electrons. The number of nitrogens with zero attached hydrogens (tertiary/aromatic N) is 1. The van der Waals surface area contributed by atoms with Crippen molar-refractivity contribution in [2.45, 2.75) is 20.3 Å². The molecule has 5 nitrogen and oxygen atoms in total. The minimum absolute atomic E-state index is 0.0638. The van der Waals surface area contributed by atoms with Crippen molar-refractivity contribution < 1.29 is 19.1 Å². The largest absolute Gasteiger partial charge is 0.454 e. The Kier molecular flexibility index (Phi) is 3.57. The highest BCUT2D eigenvalue weighted by molar-refractivity contribution is 6.00. The van der Waals surface area contributed by atoms with Crippen LogP contribution in [0.2, 0.25) is 0 Å². The highest BCUT2D eigenvalue weighted by Gasteiger charge is 2.32. The van der Waals surface area contributed by atoms with E-state index in [0.29, 0.717) is 41.9 Å². The van der Waals surface area contributed by atoms with Crippen LogP contribution in [0.4, 0.5) is 0 Å². The Morgan fingerprint density at radius 2 is 2.10 bits per heavy atom. The second-order valence-corrected chi connectivity index (χ2v) is 5.97. The molecule has 0 bridgehead atoms. The van der Waals surface area contributed by atoms with Crippen LogP contribution in [-0.2, 0) is 4.79 Å². The van der Waals surface area contributed by atoms with Gasteiger partial charge in [0, 0.05) is 18.5 Å². The fraction of sp³-hybridized carbons (Fsp3) is 0.500. The first-order chi connectivity index (χ1) is 10.0. The summed E-state index contributed by atoms with van der Waals surface area (Å²) in [6.07, 6.45) is 0.548. The van der Waals surface area contributed by atoms with Crippen LogP contribution in [0.25, 0.3) is 0 Å². The third-order valence-corrected chi connectivity index (χ3v) is 4.22. The summed E-state index contributed by atoms with van der Waals surface area (Å²) in [5.74, 6) is 2.06. The maximum absolute atomic E-state index is 12.3. The molecule has 2 heterocycles. The number of carbonyl (C=O) groups excluding carboxylic acids is 2. The van der Waals surface area contributed by atoms with Gasteiger partial charge in [0.2, 0.25) is 12.7 Å². The van der Waals surface area contributed by atoms with E-state index in [4.69, 9.17) is 9.47 Å². The number of fused-ring (bicyclic) bond motifs is 1. The molecule has 2 aliphatic rings. The van der Waals surface area contributed by atoms with Gasteiger partial charge in [-0.2, -0.15) is 0 Å². The van der Waals surface area contributed by atoms with Crippen molar-refractivity contribution in [2.75, 3.05) is 19.9 Å². The Balaban J connectivity index is 1.68. The Labute approximate surface area is 123 Å². The molecule has 1 aromatic carbocycles. The summed E-state index contributed by atoms with van der Waals surface area (Å²) in [6, 6.07) is 5.14. The number of amides is 1. The first-order valence-corrected chi connectivity index (χ1v) is 7.25. The molecule has 0 N–H and O–H groups in total. The molecule has 21 heavy (non-hydrogen) atoms. The number of carbonyl (C=O) groups is 2. The van der Waals surface area contributed by atoms with Gasteiger partial charge in [-0.3, -0.25) is 9.59 Å². The van der Waals surface area contributed by atoms with E-state index in [1.807, 2.05) is 0 Å². The number of rotatable bonds is 4. The molecular weight excluding hydrogens is 270 g/mol. The van der Waals surface area contributed by atoms with Gasteiger partial charge in [-0.1, -0.05) is 13.8 Å². The lowest BCUT2D eigenvalue weighted by atomic mass is 9.95. The molecule has 1 amide bonds. The number of ether oxygens (including phenoxy) is 2. The second kappa shape index (κ2) is 5.39. The van der Waals surface area contributed by atoms with Crippen molar-refractivity contribution >= 4 is 11.7 Å². The molecule has 0 aliphatic carbocycles. The van der Waals surface area contributed by atoms with Gasteiger partial charge in [-0.05, 0) is 30.0 Å². The van der Waals surface area contributed by atoms with E-state index in [1.165, 1.54) is 0 Å². The van der Waals surface area contributed by atoms with Crippen molar-refractivity contribution in [1.82, 2.24) is 4.90 Å². The average molecular weight is 289 g/mol. The van der Waals surface area contributed by atoms with Gasteiger partial charge in [0.1, 0.15) is 0 Å². The van der Waals surface area contributed by atoms with Crippen LogP contribution in [0.3, 0.4) is 0 Å². The van der Waals surface area contributed by atoms with Crippen molar-refractivity contribution in [1.29, 1.82) is 0 Å². The Morgan fingerprint density at radius 1 is 1.33 bits per heavy atom. The Hall–Kier alpha value is -2.04. The zero-order valence-corrected chi connectivity index (χ0v) is 12.3. The van der Waals surface area contributed by atoms with E-state index in [0.717, 1.165) is 0 Å². The summed E-state index contributed by atoms with van der Waals surface area (Å²) in [7, 11) is 0. The van der Waals surface area contributed by atoms with E-state index in [9.17, 15) is 9.59 Å². The van der Waals surface area contributed by atoms with E-state index in [-0.39, 0.29) is 25.0 Å². The topological polar surface area (TPSA) is 55.8 Å². The van der Waals surface area contributed by atoms with Gasteiger partial charge in [0.15, 0.2) is 17.3 Å². The van der Waals surface area contributed by atoms with Crippen LogP contribution in [0.1, 0.15) is 30.6 Å². The summed E-state index contributed by atoms with van der Waals surface area (Å²) in [5, 5.41) is 0. The lowest BCUT2D eigenvalue weighted by molar-refractivity contribution is -0.127. The van der Waals surface area contributed by atoms with Gasteiger partial charge >= 0.3 is 0 Å². The number of benzene rings is 1. The van der Waals surface area contributed by atoms with Crippen molar-refractivity contribution in [3.05, 3.63) is 23.8 Å². The van der Waals surface area contributed by atoms with Crippen LogP contribution in [0.15, 0.2) is 18.2 Å². The molecule has 0 aromatic heterocycles. The van der Waals surface area contributed by atoms with Gasteiger partial charge in [-0.15, -0.1) is 0 Å². The number of ketones is 1. The molecule has 1 fully saturated rings. The lowest BCUT2D eigenvalue weighted by Crippen LogP contribution is -2.31. The first-order valence-electron chi connectivity index (χ1n) is 7.25. The molecule has 0 spiro atoms. The standard InChI is InChI=1S/C16H19NO4/c1-10(2)12-6-16(19)17(7-12)8-13(18)11-3-4-14-15(5-11)21-9-20-14/h3-5,10,12H,6-9H2,1-2H3. The predicted octanol–water partition coefficient (Wildman–Crippen LogP) is 2.10. The minimum Gasteiger partial charge on any atom is -0.454 e. The van der Waals surface area contributed by atoms with Crippen LogP contribution in [0.5, 0.6) is 11.5 Å². The Morgan fingerprint density at radius 3 is 2.81 bits per heavy atom. The highest BCUT2D eigenvalue weighted by Crippen LogP contribution is 2.33. The first kappa shape index (κ1) is 13.9. The molecular formula is C16H19NO4. The van der Waals surface area contributed by atoms with Crippen LogP contribution >= 0.6 is 0 Å². The summed E-state index contributed by atoms with van der Waals surface area (Å²) in [6.45, 7) is 5.23. The van der Waals surface area contributed by atoms with Crippen molar-refractivity contribution in [3.63, 3.8) is 0 Å². The van der Waals surface area contributed by atoms with Gasteiger partial charge in [0.25, 0.3) is 0 Å². The maximum atomic E-state index is 12.3. The monoisotopic (exact) mass is 289 g/mol. The lowest BCUT2D eigenvalue weighted by Gasteiger charge is -2.17. The molecule has 0 saturated carbocycles. The quantitative estimate of drug-likeness (QED) is 0.797. The number of Topliss-reactive ketones (excluding diaryl/α,β-unsaturated/α-hetero) is 1. The van der Waals surface area contributed by atoms with E-state index >= 15 is 0 Å². The van der Waals surface area contributed by atoms with Crippen molar-refractivity contribution in [3.8, 4) is 11.5 Å². The summed E-state index contributed by atoms with van der Waals surface area (Å²) < 4.78 is 10.5. The van der Waals surface area contributed by atoms with E-state index in [2.05, 4.69) is 13.8 Å². The molecule has 3 rings (SSSR count). The summed E-state index contributed by atoms with van der Waals surface area (Å²) >= 11 is 0. The molecule has 1 saturated heterocycles. The molecule has 1 atom stereocenters. The zero-order chi connectivity index (χ0) is 15.0. The Bertz CT molecular complexity index is 582. The van der Waals surface area contributed by atoms with E-state index in [1.54, 1.807) is 23.1 Å². The normalized spacial score (nSPS) is 20.4. The molecule has 1 unspecified atom stereocenters. The molecule has 1 aromatic rings. The fourth-order valence-electron chi connectivity index (χ4n) is 2.74. The smallest absolute Gasteiger partial charge is 0.231 e. The van der Waals surface area contributed by atoms with Crippen LogP contribution < -0.4 is 9.47 Å². The van der Waals surface area contributed by atoms with Crippen LogP contribution in [0, 0.1) is 11.8 Å². The SMILES string of the molecule is CC(C)C1CC(=O)N(CC(=O)c2ccc3c(c2)OCO3)C1. The second-order valence-electron chi connectivity index (χ2n) is 5.97. The molecule has 0 radical (unpaired) electrons. The van der Waals surface area contributed by atoms with Crippen molar-refractivity contribution in [2.24, 2.45) is 11.8 Å². The maximum Gasteiger partial charge on any atom is 0.231 e. The molecule has 2 aliphatic heterocycles.